The first-order chi connectivity index (χ1) is 9.02. The summed E-state index contributed by atoms with van der Waals surface area (Å²) in [4.78, 5) is 4.16. The Morgan fingerprint density at radius 2 is 2.26 bits per heavy atom. The molecule has 2 rings (SSSR count). The predicted octanol–water partition coefficient (Wildman–Crippen LogP) is 1.73. The lowest BCUT2D eigenvalue weighted by Crippen LogP contribution is -2.50. The predicted molar refractivity (Wildman–Crippen MR) is 75.2 cm³/mol. The Hall–Kier alpha value is -1.49. The summed E-state index contributed by atoms with van der Waals surface area (Å²) in [5.41, 5.74) is -0.553. The molecule has 19 heavy (non-hydrogen) atoms. The third-order valence-electron chi connectivity index (χ3n) is 3.63. The van der Waals surface area contributed by atoms with Gasteiger partial charge in [-0.15, -0.1) is 0 Å². The topological polar surface area (TPSA) is 69.8 Å². The fourth-order valence-corrected chi connectivity index (χ4v) is 2.17. The van der Waals surface area contributed by atoms with Crippen LogP contribution in [-0.2, 0) is 0 Å². The number of guanidine groups is 1. The average molecular weight is 265 g/mol. The van der Waals surface area contributed by atoms with E-state index in [1.54, 1.807) is 7.05 Å². The zero-order chi connectivity index (χ0) is 13.9. The van der Waals surface area contributed by atoms with E-state index in [9.17, 15) is 5.11 Å². The Kier molecular flexibility index (Phi) is 4.14. The Bertz CT molecular complexity index is 449. The van der Waals surface area contributed by atoms with Crippen LogP contribution < -0.4 is 10.6 Å². The van der Waals surface area contributed by atoms with Crippen molar-refractivity contribution >= 4 is 5.96 Å². The molecule has 1 aliphatic carbocycles. The number of aliphatic imine (C=N–C) groups is 1. The van der Waals surface area contributed by atoms with Crippen LogP contribution in [0.15, 0.2) is 21.5 Å². The number of hydrogen-bond acceptors (Lipinski definition) is 3. The molecule has 0 saturated heterocycles. The second kappa shape index (κ2) is 5.65. The zero-order valence-corrected chi connectivity index (χ0v) is 11.9. The highest BCUT2D eigenvalue weighted by atomic mass is 16.3. The van der Waals surface area contributed by atoms with Gasteiger partial charge in [0.2, 0.25) is 0 Å². The molecule has 1 aliphatic rings. The molecule has 5 nitrogen and oxygen atoms in total. The van der Waals surface area contributed by atoms with Crippen molar-refractivity contribution in [2.75, 3.05) is 13.6 Å². The van der Waals surface area contributed by atoms with Crippen molar-refractivity contribution in [3.05, 3.63) is 23.7 Å². The largest absolute Gasteiger partial charge is 0.464 e. The van der Waals surface area contributed by atoms with E-state index in [2.05, 4.69) is 15.6 Å². The van der Waals surface area contributed by atoms with Crippen LogP contribution in [0.25, 0.3) is 0 Å². The maximum Gasteiger partial charge on any atom is 0.191 e. The minimum Gasteiger partial charge on any atom is -0.464 e. The first-order valence-corrected chi connectivity index (χ1v) is 6.78. The van der Waals surface area contributed by atoms with Gasteiger partial charge in [0.15, 0.2) is 5.96 Å². The second-order valence-corrected chi connectivity index (χ2v) is 5.32. The normalized spacial score (nSPS) is 19.7. The summed E-state index contributed by atoms with van der Waals surface area (Å²) >= 11 is 0. The van der Waals surface area contributed by atoms with Gasteiger partial charge in [0.1, 0.15) is 11.5 Å². The minimum atomic E-state index is -0.553. The third kappa shape index (κ3) is 3.50. The summed E-state index contributed by atoms with van der Waals surface area (Å²) < 4.78 is 5.57. The molecule has 1 unspecified atom stereocenters. The number of aryl methyl sites for hydroxylation is 1. The summed E-state index contributed by atoms with van der Waals surface area (Å²) in [6.07, 6.45) is 2.83. The van der Waals surface area contributed by atoms with Crippen molar-refractivity contribution in [3.63, 3.8) is 0 Å². The van der Waals surface area contributed by atoms with Crippen LogP contribution in [0.1, 0.15) is 43.7 Å². The van der Waals surface area contributed by atoms with Crippen LogP contribution in [0, 0.1) is 6.92 Å². The Balaban J connectivity index is 1.85. The lowest BCUT2D eigenvalue weighted by Gasteiger charge is -2.37. The third-order valence-corrected chi connectivity index (χ3v) is 3.63. The van der Waals surface area contributed by atoms with Gasteiger partial charge < -0.3 is 20.2 Å². The number of hydrogen-bond donors (Lipinski definition) is 3. The van der Waals surface area contributed by atoms with Gasteiger partial charge in [-0.05, 0) is 45.2 Å². The first kappa shape index (κ1) is 13.9. The summed E-state index contributed by atoms with van der Waals surface area (Å²) in [5, 5.41) is 16.5. The zero-order valence-electron chi connectivity index (χ0n) is 11.9. The monoisotopic (exact) mass is 265 g/mol. The number of furan rings is 1. The fourth-order valence-electron chi connectivity index (χ4n) is 2.17. The van der Waals surface area contributed by atoms with E-state index >= 15 is 0 Å². The first-order valence-electron chi connectivity index (χ1n) is 6.78. The second-order valence-electron chi connectivity index (χ2n) is 5.32. The molecule has 1 heterocycles. The van der Waals surface area contributed by atoms with E-state index in [0.717, 1.165) is 30.8 Å². The fraction of sp³-hybridized carbons (Fsp3) is 0.643. The Morgan fingerprint density at radius 1 is 1.53 bits per heavy atom. The highest BCUT2D eigenvalue weighted by Gasteiger charge is 2.34. The molecule has 106 valence electrons. The molecule has 1 aromatic rings. The van der Waals surface area contributed by atoms with E-state index in [-0.39, 0.29) is 6.04 Å². The van der Waals surface area contributed by atoms with Crippen molar-refractivity contribution in [1.29, 1.82) is 0 Å². The SMILES string of the molecule is CN=C(NCC1(O)CCC1)NC(C)c1ccc(C)o1. The van der Waals surface area contributed by atoms with Crippen LogP contribution in [0.3, 0.4) is 0 Å². The molecule has 0 radical (unpaired) electrons. The van der Waals surface area contributed by atoms with Crippen molar-refractivity contribution in [3.8, 4) is 0 Å². The number of aliphatic hydroxyl groups is 1. The molecule has 0 amide bonds. The Morgan fingerprint density at radius 3 is 2.74 bits per heavy atom. The van der Waals surface area contributed by atoms with Gasteiger partial charge in [0.25, 0.3) is 0 Å². The molecule has 0 spiro atoms. The van der Waals surface area contributed by atoms with E-state index in [1.807, 2.05) is 26.0 Å². The van der Waals surface area contributed by atoms with Crippen molar-refractivity contribution in [2.24, 2.45) is 4.99 Å². The standard InChI is InChI=1S/C14H23N3O2/c1-10-5-6-12(19-10)11(2)17-13(15-3)16-9-14(18)7-4-8-14/h5-6,11,18H,4,7-9H2,1-3H3,(H2,15,16,17). The minimum absolute atomic E-state index is 0.0379. The van der Waals surface area contributed by atoms with Gasteiger partial charge in [-0.3, -0.25) is 4.99 Å². The highest BCUT2D eigenvalue weighted by Crippen LogP contribution is 2.30. The lowest BCUT2D eigenvalue weighted by molar-refractivity contribution is -0.0279. The molecular formula is C14H23N3O2. The van der Waals surface area contributed by atoms with Gasteiger partial charge >= 0.3 is 0 Å². The molecule has 0 bridgehead atoms. The van der Waals surface area contributed by atoms with E-state index in [4.69, 9.17) is 4.42 Å². The van der Waals surface area contributed by atoms with Crippen LogP contribution >= 0.6 is 0 Å². The molecule has 1 aromatic heterocycles. The van der Waals surface area contributed by atoms with Gasteiger partial charge in [-0.1, -0.05) is 0 Å². The smallest absolute Gasteiger partial charge is 0.191 e. The van der Waals surface area contributed by atoms with E-state index < -0.39 is 5.60 Å². The van der Waals surface area contributed by atoms with Gasteiger partial charge in [-0.25, -0.2) is 0 Å². The van der Waals surface area contributed by atoms with Gasteiger partial charge in [-0.2, -0.15) is 0 Å². The average Bonchev–Trinajstić information content (AvgIpc) is 2.78. The molecule has 1 saturated carbocycles. The quantitative estimate of drug-likeness (QED) is 0.573. The lowest BCUT2D eigenvalue weighted by atomic mass is 9.80. The molecule has 3 N–H and O–H groups in total. The molecule has 5 heteroatoms. The summed E-state index contributed by atoms with van der Waals surface area (Å²) in [6.45, 7) is 4.48. The molecule has 1 atom stereocenters. The number of nitrogens with zero attached hydrogens (tertiary/aromatic N) is 1. The van der Waals surface area contributed by atoms with Gasteiger partial charge in [0, 0.05) is 13.6 Å². The Labute approximate surface area is 114 Å². The summed E-state index contributed by atoms with van der Waals surface area (Å²) in [5.74, 6) is 2.46. The van der Waals surface area contributed by atoms with Crippen LogP contribution in [0.4, 0.5) is 0 Å². The van der Waals surface area contributed by atoms with E-state index in [1.165, 1.54) is 0 Å². The van der Waals surface area contributed by atoms with Crippen molar-refractivity contribution < 1.29 is 9.52 Å². The van der Waals surface area contributed by atoms with Crippen LogP contribution in [-0.4, -0.2) is 30.3 Å². The maximum atomic E-state index is 10.0. The van der Waals surface area contributed by atoms with Crippen molar-refractivity contribution in [2.45, 2.75) is 44.8 Å². The molecular weight excluding hydrogens is 242 g/mol. The van der Waals surface area contributed by atoms with Crippen molar-refractivity contribution in [1.82, 2.24) is 10.6 Å². The molecule has 0 aliphatic heterocycles. The summed E-state index contributed by atoms with van der Waals surface area (Å²) in [7, 11) is 1.72. The molecule has 1 fully saturated rings. The van der Waals surface area contributed by atoms with E-state index in [0.29, 0.717) is 12.5 Å². The highest BCUT2D eigenvalue weighted by molar-refractivity contribution is 5.80. The summed E-state index contributed by atoms with van der Waals surface area (Å²) in [6, 6.07) is 3.94. The van der Waals surface area contributed by atoms with Crippen LogP contribution in [0.2, 0.25) is 0 Å². The van der Waals surface area contributed by atoms with Gasteiger partial charge in [0.05, 0.1) is 11.6 Å². The number of nitrogens with one attached hydrogen (secondary N) is 2. The maximum absolute atomic E-state index is 10.0. The number of rotatable bonds is 4. The van der Waals surface area contributed by atoms with Crippen LogP contribution in [0.5, 0.6) is 0 Å². The molecule has 0 aromatic carbocycles.